The third kappa shape index (κ3) is 3.21. The molecule has 1 aromatic rings. The number of carbonyl (C=O) groups excluding carboxylic acids is 1. The zero-order valence-electron chi connectivity index (χ0n) is 13.4. The van der Waals surface area contributed by atoms with Crippen molar-refractivity contribution >= 4 is 11.7 Å². The molecule has 1 saturated carbocycles. The summed E-state index contributed by atoms with van der Waals surface area (Å²) in [6.45, 7) is 0.877. The fraction of sp³-hybridized carbons (Fsp3) is 0.611. The highest BCUT2D eigenvalue weighted by atomic mass is 16.5. The highest BCUT2D eigenvalue weighted by molar-refractivity contribution is 5.91. The lowest BCUT2D eigenvalue weighted by atomic mass is 9.83. The number of nitrogens with one attached hydrogen (secondary N) is 1. The Bertz CT molecular complexity index is 512. The van der Waals surface area contributed by atoms with Crippen LogP contribution in [0.1, 0.15) is 44.9 Å². The number of hydrogen-bond donors (Lipinski definition) is 1. The number of likely N-dealkylation sites (tertiary alicyclic amines) is 1. The summed E-state index contributed by atoms with van der Waals surface area (Å²) < 4.78 is 5.32. The van der Waals surface area contributed by atoms with Crippen molar-refractivity contribution in [2.24, 2.45) is 5.92 Å². The van der Waals surface area contributed by atoms with E-state index in [0.717, 1.165) is 25.1 Å². The number of ether oxygens (including phenoxy) is 1. The van der Waals surface area contributed by atoms with E-state index in [1.165, 1.54) is 32.1 Å². The summed E-state index contributed by atoms with van der Waals surface area (Å²) in [6.07, 6.45) is 8.85. The quantitative estimate of drug-likeness (QED) is 0.906. The first-order chi connectivity index (χ1) is 10.8. The Hall–Kier alpha value is -1.71. The Morgan fingerprint density at radius 2 is 1.91 bits per heavy atom. The van der Waals surface area contributed by atoms with E-state index in [1.807, 2.05) is 24.3 Å². The van der Waals surface area contributed by atoms with Gasteiger partial charge < -0.3 is 15.0 Å². The zero-order valence-corrected chi connectivity index (χ0v) is 13.4. The monoisotopic (exact) mass is 302 g/mol. The average Bonchev–Trinajstić information content (AvgIpc) is 3.06. The fourth-order valence-electron chi connectivity index (χ4n) is 3.99. The van der Waals surface area contributed by atoms with Gasteiger partial charge >= 0.3 is 6.03 Å². The second-order valence-corrected chi connectivity index (χ2v) is 6.43. The topological polar surface area (TPSA) is 41.6 Å². The molecule has 2 aliphatic rings. The number of methoxy groups -OCH3 is 1. The normalized spacial score (nSPS) is 22.6. The van der Waals surface area contributed by atoms with Gasteiger partial charge in [0.1, 0.15) is 5.75 Å². The van der Waals surface area contributed by atoms with E-state index in [2.05, 4.69) is 10.2 Å². The highest BCUT2D eigenvalue weighted by Gasteiger charge is 2.35. The Kier molecular flexibility index (Phi) is 4.86. The number of carbonyl (C=O) groups is 1. The van der Waals surface area contributed by atoms with Crippen LogP contribution in [0, 0.1) is 5.92 Å². The van der Waals surface area contributed by atoms with E-state index >= 15 is 0 Å². The third-order valence-corrected chi connectivity index (χ3v) is 5.10. The van der Waals surface area contributed by atoms with Crippen LogP contribution in [0.3, 0.4) is 0 Å². The van der Waals surface area contributed by atoms with Crippen LogP contribution in [0.25, 0.3) is 0 Å². The molecular weight excluding hydrogens is 276 g/mol. The first-order valence-corrected chi connectivity index (χ1v) is 8.50. The first-order valence-electron chi connectivity index (χ1n) is 8.50. The van der Waals surface area contributed by atoms with Crippen molar-refractivity contribution in [2.75, 3.05) is 19.0 Å². The second-order valence-electron chi connectivity index (χ2n) is 6.43. The maximum atomic E-state index is 12.7. The van der Waals surface area contributed by atoms with E-state index in [1.54, 1.807) is 7.11 Å². The number of rotatable bonds is 3. The van der Waals surface area contributed by atoms with Gasteiger partial charge in [-0.2, -0.15) is 0 Å². The summed E-state index contributed by atoms with van der Waals surface area (Å²) in [5, 5.41) is 3.03. The van der Waals surface area contributed by atoms with Gasteiger partial charge in [-0.05, 0) is 43.7 Å². The molecule has 4 nitrogen and oxygen atoms in total. The average molecular weight is 302 g/mol. The van der Waals surface area contributed by atoms with Gasteiger partial charge in [0.15, 0.2) is 0 Å². The molecule has 1 saturated heterocycles. The number of para-hydroxylation sites is 2. The summed E-state index contributed by atoms with van der Waals surface area (Å²) in [5.41, 5.74) is 0.754. The molecule has 3 rings (SSSR count). The van der Waals surface area contributed by atoms with Gasteiger partial charge in [0, 0.05) is 12.6 Å². The maximum Gasteiger partial charge on any atom is 0.322 e. The van der Waals surface area contributed by atoms with Crippen molar-refractivity contribution in [2.45, 2.75) is 51.0 Å². The number of amides is 2. The molecule has 1 unspecified atom stereocenters. The van der Waals surface area contributed by atoms with Gasteiger partial charge in [-0.1, -0.05) is 31.4 Å². The summed E-state index contributed by atoms with van der Waals surface area (Å²) in [6, 6.07) is 8.05. The molecule has 22 heavy (non-hydrogen) atoms. The Morgan fingerprint density at radius 3 is 2.68 bits per heavy atom. The minimum atomic E-state index is 0.0255. The summed E-state index contributed by atoms with van der Waals surface area (Å²) in [7, 11) is 1.63. The van der Waals surface area contributed by atoms with Crippen LogP contribution in [-0.4, -0.2) is 30.6 Å². The lowest BCUT2D eigenvalue weighted by molar-refractivity contribution is 0.166. The van der Waals surface area contributed by atoms with Gasteiger partial charge in [-0.25, -0.2) is 4.79 Å². The predicted molar refractivity (Wildman–Crippen MR) is 88.3 cm³/mol. The zero-order chi connectivity index (χ0) is 15.4. The molecule has 1 N–H and O–H groups in total. The SMILES string of the molecule is COc1ccccc1NC(=O)N1CCCC1C1CCCCC1. The first kappa shape index (κ1) is 15.2. The Labute approximate surface area is 132 Å². The lowest BCUT2D eigenvalue weighted by Gasteiger charge is -2.34. The van der Waals surface area contributed by atoms with Gasteiger partial charge in [-0.15, -0.1) is 0 Å². The van der Waals surface area contributed by atoms with Crippen molar-refractivity contribution in [1.29, 1.82) is 0 Å². The van der Waals surface area contributed by atoms with Crippen molar-refractivity contribution < 1.29 is 9.53 Å². The largest absolute Gasteiger partial charge is 0.495 e. The van der Waals surface area contributed by atoms with Crippen LogP contribution in [0.15, 0.2) is 24.3 Å². The molecule has 0 aromatic heterocycles. The van der Waals surface area contributed by atoms with Crippen LogP contribution in [0.2, 0.25) is 0 Å². The number of hydrogen-bond acceptors (Lipinski definition) is 2. The van der Waals surface area contributed by atoms with Crippen molar-refractivity contribution in [3.63, 3.8) is 0 Å². The molecule has 4 heteroatoms. The molecule has 0 bridgehead atoms. The van der Waals surface area contributed by atoms with E-state index < -0.39 is 0 Å². The summed E-state index contributed by atoms with van der Waals surface area (Å²) in [5.74, 6) is 1.41. The van der Waals surface area contributed by atoms with Crippen molar-refractivity contribution in [1.82, 2.24) is 4.90 Å². The maximum absolute atomic E-state index is 12.7. The second kappa shape index (κ2) is 7.03. The molecule has 1 aliphatic carbocycles. The molecule has 1 aliphatic heterocycles. The van der Waals surface area contributed by atoms with Crippen molar-refractivity contribution in [3.05, 3.63) is 24.3 Å². The van der Waals surface area contributed by atoms with Crippen LogP contribution in [0.5, 0.6) is 5.75 Å². The van der Waals surface area contributed by atoms with Gasteiger partial charge in [0.2, 0.25) is 0 Å². The Balaban J connectivity index is 1.68. The number of benzene rings is 1. The predicted octanol–water partition coefficient (Wildman–Crippen LogP) is 4.27. The van der Waals surface area contributed by atoms with E-state index in [4.69, 9.17) is 4.74 Å². The van der Waals surface area contributed by atoms with Gasteiger partial charge in [-0.3, -0.25) is 0 Å². The number of anilines is 1. The third-order valence-electron chi connectivity index (χ3n) is 5.10. The van der Waals surface area contributed by atoms with Crippen LogP contribution in [-0.2, 0) is 0 Å². The number of urea groups is 1. The van der Waals surface area contributed by atoms with Crippen LogP contribution in [0.4, 0.5) is 10.5 Å². The molecule has 1 heterocycles. The molecular formula is C18H26N2O2. The standard InChI is InChI=1S/C18H26N2O2/c1-22-17-12-6-5-10-15(17)19-18(21)20-13-7-11-16(20)14-8-3-2-4-9-14/h5-6,10,12,14,16H,2-4,7-9,11,13H2,1H3,(H,19,21). The molecule has 1 aromatic carbocycles. The smallest absolute Gasteiger partial charge is 0.322 e. The highest BCUT2D eigenvalue weighted by Crippen LogP contribution is 2.35. The molecule has 120 valence electrons. The molecule has 2 amide bonds. The molecule has 0 radical (unpaired) electrons. The minimum Gasteiger partial charge on any atom is -0.495 e. The number of nitrogens with zero attached hydrogens (tertiary/aromatic N) is 1. The van der Waals surface area contributed by atoms with Crippen molar-refractivity contribution in [3.8, 4) is 5.75 Å². The fourth-order valence-corrected chi connectivity index (χ4v) is 3.99. The van der Waals surface area contributed by atoms with E-state index in [0.29, 0.717) is 17.7 Å². The van der Waals surface area contributed by atoms with Gasteiger partial charge in [0.05, 0.1) is 12.8 Å². The Morgan fingerprint density at radius 1 is 1.14 bits per heavy atom. The molecule has 0 spiro atoms. The summed E-state index contributed by atoms with van der Waals surface area (Å²) in [4.78, 5) is 14.8. The van der Waals surface area contributed by atoms with Crippen LogP contribution >= 0.6 is 0 Å². The van der Waals surface area contributed by atoms with Gasteiger partial charge in [0.25, 0.3) is 0 Å². The summed E-state index contributed by atoms with van der Waals surface area (Å²) >= 11 is 0. The van der Waals surface area contributed by atoms with E-state index in [-0.39, 0.29) is 6.03 Å². The van der Waals surface area contributed by atoms with Crippen LogP contribution < -0.4 is 10.1 Å². The molecule has 2 fully saturated rings. The lowest BCUT2D eigenvalue weighted by Crippen LogP contribution is -2.43. The van der Waals surface area contributed by atoms with E-state index in [9.17, 15) is 4.79 Å². The molecule has 1 atom stereocenters. The minimum absolute atomic E-state index is 0.0255.